The lowest BCUT2D eigenvalue weighted by Gasteiger charge is -2.34. The SMILES string of the molecule is O=C(/C=C/c1ccccn1)N1CCN(Cc2ccc3c(c2)OCCO3)CC1. The minimum Gasteiger partial charge on any atom is -0.486 e. The van der Waals surface area contributed by atoms with Gasteiger partial charge in [0.25, 0.3) is 0 Å². The zero-order valence-corrected chi connectivity index (χ0v) is 15.2. The largest absolute Gasteiger partial charge is 0.486 e. The number of hydrogen-bond acceptors (Lipinski definition) is 5. The smallest absolute Gasteiger partial charge is 0.246 e. The van der Waals surface area contributed by atoms with E-state index in [0.717, 1.165) is 49.9 Å². The van der Waals surface area contributed by atoms with E-state index in [2.05, 4.69) is 22.0 Å². The minimum absolute atomic E-state index is 0.0413. The lowest BCUT2D eigenvalue weighted by molar-refractivity contribution is -0.127. The molecule has 1 amide bonds. The van der Waals surface area contributed by atoms with Crippen molar-refractivity contribution >= 4 is 12.0 Å². The first-order chi connectivity index (χ1) is 13.3. The van der Waals surface area contributed by atoms with Crippen molar-refractivity contribution in [2.45, 2.75) is 6.54 Å². The number of piperazine rings is 1. The van der Waals surface area contributed by atoms with Gasteiger partial charge in [-0.25, -0.2) is 0 Å². The molecule has 0 spiro atoms. The molecule has 2 aliphatic rings. The molecule has 6 nitrogen and oxygen atoms in total. The zero-order valence-electron chi connectivity index (χ0n) is 15.2. The third kappa shape index (κ3) is 4.46. The van der Waals surface area contributed by atoms with Crippen molar-refractivity contribution in [2.75, 3.05) is 39.4 Å². The second-order valence-corrected chi connectivity index (χ2v) is 6.67. The number of hydrogen-bond donors (Lipinski definition) is 0. The van der Waals surface area contributed by atoms with Crippen molar-refractivity contribution in [1.29, 1.82) is 0 Å². The molecule has 2 aromatic rings. The monoisotopic (exact) mass is 365 g/mol. The Morgan fingerprint density at radius 1 is 1.04 bits per heavy atom. The number of ether oxygens (including phenoxy) is 2. The van der Waals surface area contributed by atoms with Crippen LogP contribution in [0, 0.1) is 0 Å². The van der Waals surface area contributed by atoms with Crippen molar-refractivity contribution in [3.63, 3.8) is 0 Å². The van der Waals surface area contributed by atoms with Crippen molar-refractivity contribution in [2.24, 2.45) is 0 Å². The highest BCUT2D eigenvalue weighted by Crippen LogP contribution is 2.31. The third-order valence-electron chi connectivity index (χ3n) is 4.78. The number of aromatic nitrogens is 1. The zero-order chi connectivity index (χ0) is 18.5. The lowest BCUT2D eigenvalue weighted by Crippen LogP contribution is -2.47. The molecule has 0 bridgehead atoms. The molecule has 27 heavy (non-hydrogen) atoms. The highest BCUT2D eigenvalue weighted by molar-refractivity contribution is 5.91. The van der Waals surface area contributed by atoms with Crippen LogP contribution >= 0.6 is 0 Å². The Kier molecular flexibility index (Phi) is 5.34. The molecule has 140 valence electrons. The minimum atomic E-state index is 0.0413. The molecule has 6 heteroatoms. The number of carbonyl (C=O) groups excluding carboxylic acids is 1. The summed E-state index contributed by atoms with van der Waals surface area (Å²) >= 11 is 0. The van der Waals surface area contributed by atoms with Crippen LogP contribution in [0.4, 0.5) is 0 Å². The van der Waals surface area contributed by atoms with Crippen LogP contribution in [0.3, 0.4) is 0 Å². The summed E-state index contributed by atoms with van der Waals surface area (Å²) in [6, 6.07) is 11.8. The lowest BCUT2D eigenvalue weighted by atomic mass is 10.1. The van der Waals surface area contributed by atoms with Gasteiger partial charge >= 0.3 is 0 Å². The summed E-state index contributed by atoms with van der Waals surface area (Å²) in [6.07, 6.45) is 5.10. The molecule has 0 radical (unpaired) electrons. The van der Waals surface area contributed by atoms with Gasteiger partial charge < -0.3 is 14.4 Å². The third-order valence-corrected chi connectivity index (χ3v) is 4.78. The molecule has 1 saturated heterocycles. The van der Waals surface area contributed by atoms with Gasteiger partial charge in [-0.1, -0.05) is 12.1 Å². The highest BCUT2D eigenvalue weighted by Gasteiger charge is 2.20. The first-order valence-corrected chi connectivity index (χ1v) is 9.27. The molecule has 1 aromatic heterocycles. The van der Waals surface area contributed by atoms with E-state index in [4.69, 9.17) is 9.47 Å². The van der Waals surface area contributed by atoms with Gasteiger partial charge in [-0.05, 0) is 35.9 Å². The maximum Gasteiger partial charge on any atom is 0.246 e. The molecule has 1 aromatic carbocycles. The van der Waals surface area contributed by atoms with Crippen LogP contribution in [0.25, 0.3) is 6.08 Å². The van der Waals surface area contributed by atoms with Crippen LogP contribution < -0.4 is 9.47 Å². The fourth-order valence-electron chi connectivity index (χ4n) is 3.31. The second-order valence-electron chi connectivity index (χ2n) is 6.67. The molecule has 0 saturated carbocycles. The van der Waals surface area contributed by atoms with Crippen LogP contribution in [0.1, 0.15) is 11.3 Å². The van der Waals surface area contributed by atoms with E-state index in [0.29, 0.717) is 13.2 Å². The van der Waals surface area contributed by atoms with E-state index in [1.807, 2.05) is 29.2 Å². The average Bonchev–Trinajstić information content (AvgIpc) is 2.73. The summed E-state index contributed by atoms with van der Waals surface area (Å²) in [4.78, 5) is 20.8. The highest BCUT2D eigenvalue weighted by atomic mass is 16.6. The molecule has 3 heterocycles. The van der Waals surface area contributed by atoms with Crippen molar-refractivity contribution in [1.82, 2.24) is 14.8 Å². The fraction of sp³-hybridized carbons (Fsp3) is 0.333. The molecular formula is C21H23N3O3. The fourth-order valence-corrected chi connectivity index (χ4v) is 3.31. The first kappa shape index (κ1) is 17.5. The summed E-state index contributed by atoms with van der Waals surface area (Å²) in [6.45, 7) is 5.24. The summed E-state index contributed by atoms with van der Waals surface area (Å²) in [5.41, 5.74) is 2.00. The molecule has 0 aliphatic carbocycles. The number of nitrogens with zero attached hydrogens (tertiary/aromatic N) is 3. The van der Waals surface area contributed by atoms with Crippen LogP contribution in [0.15, 0.2) is 48.7 Å². The Labute approximate surface area is 159 Å². The summed E-state index contributed by atoms with van der Waals surface area (Å²) in [5.74, 6) is 1.69. The predicted octanol–water partition coefficient (Wildman–Crippen LogP) is 2.21. The number of carbonyl (C=O) groups is 1. The van der Waals surface area contributed by atoms with Crippen molar-refractivity contribution in [3.05, 3.63) is 59.9 Å². The van der Waals surface area contributed by atoms with Gasteiger partial charge in [0.2, 0.25) is 5.91 Å². The Hall–Kier alpha value is -2.86. The van der Waals surface area contributed by atoms with Gasteiger partial charge in [0.15, 0.2) is 11.5 Å². The van der Waals surface area contributed by atoms with Gasteiger partial charge in [-0.3, -0.25) is 14.7 Å². The van der Waals surface area contributed by atoms with Crippen LogP contribution in [0.5, 0.6) is 11.5 Å². The first-order valence-electron chi connectivity index (χ1n) is 9.27. The second kappa shape index (κ2) is 8.22. The number of pyridine rings is 1. The van der Waals surface area contributed by atoms with Crippen molar-refractivity contribution in [3.8, 4) is 11.5 Å². The van der Waals surface area contributed by atoms with E-state index < -0.39 is 0 Å². The van der Waals surface area contributed by atoms with Crippen LogP contribution in [-0.4, -0.2) is 60.1 Å². The maximum absolute atomic E-state index is 12.4. The van der Waals surface area contributed by atoms with Crippen LogP contribution in [0.2, 0.25) is 0 Å². The van der Waals surface area contributed by atoms with Crippen LogP contribution in [-0.2, 0) is 11.3 Å². The van der Waals surface area contributed by atoms with E-state index in [-0.39, 0.29) is 5.91 Å². The Morgan fingerprint density at radius 3 is 2.63 bits per heavy atom. The number of rotatable bonds is 4. The molecule has 0 unspecified atom stereocenters. The Bertz CT molecular complexity index is 815. The van der Waals surface area contributed by atoms with E-state index in [9.17, 15) is 4.79 Å². The Balaban J connectivity index is 1.29. The summed E-state index contributed by atoms with van der Waals surface area (Å²) in [7, 11) is 0. The molecule has 0 N–H and O–H groups in total. The summed E-state index contributed by atoms with van der Waals surface area (Å²) < 4.78 is 11.2. The van der Waals surface area contributed by atoms with Crippen molar-refractivity contribution < 1.29 is 14.3 Å². The van der Waals surface area contributed by atoms with Gasteiger partial charge in [0, 0.05) is 45.0 Å². The topological polar surface area (TPSA) is 54.9 Å². The molecule has 4 rings (SSSR count). The number of fused-ring (bicyclic) bond motifs is 1. The average molecular weight is 365 g/mol. The van der Waals surface area contributed by atoms with E-state index in [1.165, 1.54) is 5.56 Å². The van der Waals surface area contributed by atoms with Gasteiger partial charge in [0.1, 0.15) is 13.2 Å². The van der Waals surface area contributed by atoms with Gasteiger partial charge in [-0.2, -0.15) is 0 Å². The molecule has 2 aliphatic heterocycles. The van der Waals surface area contributed by atoms with E-state index in [1.54, 1.807) is 18.3 Å². The number of benzene rings is 1. The normalized spacial score (nSPS) is 17.3. The quantitative estimate of drug-likeness (QED) is 0.778. The van der Waals surface area contributed by atoms with Gasteiger partial charge in [-0.15, -0.1) is 0 Å². The standard InChI is InChI=1S/C21H23N3O3/c25-21(7-5-18-3-1-2-8-22-18)24-11-9-23(10-12-24)16-17-4-6-19-20(15-17)27-14-13-26-19/h1-8,15H,9-14,16H2/b7-5+. The number of amides is 1. The maximum atomic E-state index is 12.4. The molecular weight excluding hydrogens is 342 g/mol. The molecule has 1 fully saturated rings. The summed E-state index contributed by atoms with van der Waals surface area (Å²) in [5, 5.41) is 0. The van der Waals surface area contributed by atoms with Gasteiger partial charge in [0.05, 0.1) is 5.69 Å². The predicted molar refractivity (Wildman–Crippen MR) is 103 cm³/mol. The van der Waals surface area contributed by atoms with E-state index >= 15 is 0 Å². The molecule has 0 atom stereocenters. The Morgan fingerprint density at radius 2 is 1.85 bits per heavy atom.